The molecule has 1 saturated heterocycles. The van der Waals surface area contributed by atoms with Gasteiger partial charge in [-0.1, -0.05) is 31.5 Å². The lowest BCUT2D eigenvalue weighted by molar-refractivity contribution is -0.136. The van der Waals surface area contributed by atoms with E-state index < -0.39 is 11.8 Å². The van der Waals surface area contributed by atoms with Gasteiger partial charge in [-0.25, -0.2) is 4.68 Å². The molecule has 8 heteroatoms. The van der Waals surface area contributed by atoms with Crippen LogP contribution >= 0.6 is 11.8 Å². The van der Waals surface area contributed by atoms with Crippen molar-refractivity contribution in [2.45, 2.75) is 31.1 Å². The topological polar surface area (TPSA) is 79.3 Å². The third-order valence-electron chi connectivity index (χ3n) is 5.02. The largest absolute Gasteiger partial charge is 0.348 e. The van der Waals surface area contributed by atoms with E-state index in [0.717, 1.165) is 30.2 Å². The summed E-state index contributed by atoms with van der Waals surface area (Å²) in [6, 6.07) is 9.51. The van der Waals surface area contributed by atoms with Gasteiger partial charge in [-0.3, -0.25) is 9.59 Å². The minimum atomic E-state index is -0.678. The number of likely N-dealkylation sites (tertiary alicyclic amines) is 1. The van der Waals surface area contributed by atoms with E-state index in [1.807, 2.05) is 36.6 Å². The second kappa shape index (κ2) is 10.5. The summed E-state index contributed by atoms with van der Waals surface area (Å²) in [6.45, 7) is 5.78. The van der Waals surface area contributed by atoms with Gasteiger partial charge in [0.2, 0.25) is 0 Å². The summed E-state index contributed by atoms with van der Waals surface area (Å²) in [6.07, 6.45) is 7.39. The van der Waals surface area contributed by atoms with Crippen molar-refractivity contribution in [1.29, 1.82) is 0 Å². The Morgan fingerprint density at radius 3 is 2.55 bits per heavy atom. The molecule has 2 amide bonds. The van der Waals surface area contributed by atoms with Crippen LogP contribution in [0.4, 0.5) is 5.82 Å². The molecular formula is C21H29N5O2S. The monoisotopic (exact) mass is 415 g/mol. The van der Waals surface area contributed by atoms with Crippen LogP contribution in [0.5, 0.6) is 0 Å². The van der Waals surface area contributed by atoms with Gasteiger partial charge in [0, 0.05) is 13.1 Å². The fourth-order valence-corrected chi connectivity index (χ4v) is 4.00. The van der Waals surface area contributed by atoms with Crippen LogP contribution in [0.15, 0.2) is 41.4 Å². The summed E-state index contributed by atoms with van der Waals surface area (Å²) in [5.41, 5.74) is 0.818. The predicted octanol–water partition coefficient (Wildman–Crippen LogP) is 2.77. The highest BCUT2D eigenvalue weighted by Crippen LogP contribution is 2.27. The summed E-state index contributed by atoms with van der Waals surface area (Å²) < 4.78 is 1.63. The average molecular weight is 416 g/mol. The Morgan fingerprint density at radius 2 is 1.86 bits per heavy atom. The number of hydrogen-bond donors (Lipinski definition) is 2. The van der Waals surface area contributed by atoms with Gasteiger partial charge in [-0.15, -0.1) is 11.8 Å². The van der Waals surface area contributed by atoms with Crippen LogP contribution in [0, 0.1) is 5.92 Å². The molecule has 3 rings (SSSR count). The molecule has 7 nitrogen and oxygen atoms in total. The molecule has 2 aromatic rings. The lowest BCUT2D eigenvalue weighted by Gasteiger charge is -2.29. The molecule has 0 unspecified atom stereocenters. The first-order chi connectivity index (χ1) is 14.1. The van der Waals surface area contributed by atoms with E-state index >= 15 is 0 Å². The van der Waals surface area contributed by atoms with Crippen LogP contribution in [0.1, 0.15) is 26.2 Å². The second-order valence-electron chi connectivity index (χ2n) is 7.44. The summed E-state index contributed by atoms with van der Waals surface area (Å²) in [5, 5.41) is 9.85. The molecular weight excluding hydrogens is 386 g/mol. The predicted molar refractivity (Wildman–Crippen MR) is 116 cm³/mol. The third kappa shape index (κ3) is 5.83. The van der Waals surface area contributed by atoms with Crippen molar-refractivity contribution in [2.75, 3.05) is 37.8 Å². The number of rotatable bonds is 7. The van der Waals surface area contributed by atoms with Gasteiger partial charge >= 0.3 is 11.8 Å². The Bertz CT molecular complexity index is 818. The van der Waals surface area contributed by atoms with Crippen molar-refractivity contribution in [2.24, 2.45) is 5.92 Å². The zero-order valence-electron chi connectivity index (χ0n) is 17.1. The smallest absolute Gasteiger partial charge is 0.314 e. The number of carbonyl (C=O) groups excluding carboxylic acids is 2. The summed E-state index contributed by atoms with van der Waals surface area (Å²) in [7, 11) is 0. The van der Waals surface area contributed by atoms with Gasteiger partial charge in [0.25, 0.3) is 0 Å². The van der Waals surface area contributed by atoms with E-state index in [4.69, 9.17) is 0 Å². The van der Waals surface area contributed by atoms with Crippen molar-refractivity contribution in [1.82, 2.24) is 20.0 Å². The van der Waals surface area contributed by atoms with Crippen LogP contribution in [0.25, 0.3) is 5.69 Å². The van der Waals surface area contributed by atoms with Gasteiger partial charge < -0.3 is 15.5 Å². The van der Waals surface area contributed by atoms with Crippen LogP contribution in [0.3, 0.4) is 0 Å². The van der Waals surface area contributed by atoms with Gasteiger partial charge in [-0.2, -0.15) is 5.10 Å². The van der Waals surface area contributed by atoms with Gasteiger partial charge in [0.05, 0.1) is 16.8 Å². The highest BCUT2D eigenvalue weighted by molar-refractivity contribution is 7.98. The second-order valence-corrected chi connectivity index (χ2v) is 8.29. The third-order valence-corrected chi connectivity index (χ3v) is 5.76. The molecule has 0 saturated carbocycles. The van der Waals surface area contributed by atoms with Crippen molar-refractivity contribution >= 4 is 29.4 Å². The fourth-order valence-electron chi connectivity index (χ4n) is 3.52. The summed E-state index contributed by atoms with van der Waals surface area (Å²) in [5.74, 6) is -0.502. The molecule has 1 aromatic heterocycles. The SMILES string of the molecule is CSc1cnn(-c2ccccc2)c1NC(=O)C(=O)NC[C@@H](C)CN1CCCCC1. The number of benzene rings is 1. The molecule has 2 heterocycles. The summed E-state index contributed by atoms with van der Waals surface area (Å²) >= 11 is 1.47. The van der Waals surface area contributed by atoms with E-state index in [0.29, 0.717) is 18.3 Å². The van der Waals surface area contributed by atoms with E-state index in [9.17, 15) is 9.59 Å². The number of carbonyl (C=O) groups is 2. The number of piperidine rings is 1. The number of thioether (sulfide) groups is 1. The van der Waals surface area contributed by atoms with Crippen LogP contribution in [-0.2, 0) is 9.59 Å². The van der Waals surface area contributed by atoms with Crippen molar-refractivity contribution in [3.63, 3.8) is 0 Å². The molecule has 0 aliphatic carbocycles. The number of nitrogens with zero attached hydrogens (tertiary/aromatic N) is 3. The van der Waals surface area contributed by atoms with Crippen molar-refractivity contribution < 1.29 is 9.59 Å². The first-order valence-corrected chi connectivity index (χ1v) is 11.3. The van der Waals surface area contributed by atoms with E-state index in [1.54, 1.807) is 10.9 Å². The van der Waals surface area contributed by atoms with Crippen molar-refractivity contribution in [3.05, 3.63) is 36.5 Å². The Hall–Kier alpha value is -2.32. The van der Waals surface area contributed by atoms with Crippen LogP contribution < -0.4 is 10.6 Å². The molecule has 1 aliphatic heterocycles. The van der Waals surface area contributed by atoms with Gasteiger partial charge in [0.1, 0.15) is 0 Å². The Balaban J connectivity index is 1.57. The molecule has 1 aromatic carbocycles. The molecule has 1 fully saturated rings. The van der Waals surface area contributed by atoms with Gasteiger partial charge in [0.15, 0.2) is 5.82 Å². The quantitative estimate of drug-likeness (QED) is 0.537. The van der Waals surface area contributed by atoms with E-state index in [1.165, 1.54) is 31.0 Å². The zero-order chi connectivity index (χ0) is 20.6. The normalized spacial score (nSPS) is 15.7. The van der Waals surface area contributed by atoms with E-state index in [-0.39, 0.29) is 0 Å². The minimum Gasteiger partial charge on any atom is -0.348 e. The number of anilines is 1. The number of nitrogens with one attached hydrogen (secondary N) is 2. The molecule has 29 heavy (non-hydrogen) atoms. The zero-order valence-corrected chi connectivity index (χ0v) is 17.9. The standard InChI is InChI=1S/C21H29N5O2S/c1-16(15-25-11-7-4-8-12-25)13-22-20(27)21(28)24-19-18(29-2)14-23-26(19)17-9-5-3-6-10-17/h3,5-6,9-10,14,16H,4,7-8,11-13,15H2,1-2H3,(H,22,27)(H,24,28)/t16-/m1/s1. The molecule has 0 spiro atoms. The minimum absolute atomic E-state index is 0.293. The van der Waals surface area contributed by atoms with Crippen LogP contribution in [-0.4, -0.2) is 58.9 Å². The molecule has 0 bridgehead atoms. The molecule has 156 valence electrons. The van der Waals surface area contributed by atoms with E-state index in [2.05, 4.69) is 27.6 Å². The lowest BCUT2D eigenvalue weighted by atomic mass is 10.1. The Labute approximate surface area is 176 Å². The maximum atomic E-state index is 12.5. The van der Waals surface area contributed by atoms with Crippen molar-refractivity contribution in [3.8, 4) is 5.69 Å². The maximum Gasteiger partial charge on any atom is 0.314 e. The lowest BCUT2D eigenvalue weighted by Crippen LogP contribution is -2.41. The molecule has 1 aliphatic rings. The Kier molecular flexibility index (Phi) is 7.71. The van der Waals surface area contributed by atoms with Gasteiger partial charge in [-0.05, 0) is 50.2 Å². The maximum absolute atomic E-state index is 12.5. The Morgan fingerprint density at radius 1 is 1.14 bits per heavy atom. The number of para-hydroxylation sites is 1. The summed E-state index contributed by atoms with van der Waals surface area (Å²) in [4.78, 5) is 28.1. The number of amides is 2. The highest BCUT2D eigenvalue weighted by atomic mass is 32.2. The molecule has 0 radical (unpaired) electrons. The highest BCUT2D eigenvalue weighted by Gasteiger charge is 2.21. The average Bonchev–Trinajstić information content (AvgIpc) is 3.15. The number of aromatic nitrogens is 2. The fraction of sp³-hybridized carbons (Fsp3) is 0.476. The first kappa shape index (κ1) is 21.4. The first-order valence-electron chi connectivity index (χ1n) is 10.1. The van der Waals surface area contributed by atoms with Crippen LogP contribution in [0.2, 0.25) is 0 Å². The number of hydrogen-bond acceptors (Lipinski definition) is 5. The molecule has 1 atom stereocenters. The molecule has 2 N–H and O–H groups in total.